The maximum absolute atomic E-state index is 13.7. The minimum Gasteiger partial charge on any atom is -0.348 e. The lowest BCUT2D eigenvalue weighted by Gasteiger charge is -2.20. The molecule has 0 radical (unpaired) electrons. The Hall–Kier alpha value is -3.12. The van der Waals surface area contributed by atoms with Gasteiger partial charge in [0.2, 0.25) is 0 Å². The normalized spacial score (nSPS) is 14.1. The molecule has 1 aliphatic carbocycles. The van der Waals surface area contributed by atoms with E-state index in [2.05, 4.69) is 31.3 Å². The van der Waals surface area contributed by atoms with E-state index in [1.54, 1.807) is 11.3 Å². The van der Waals surface area contributed by atoms with Crippen LogP contribution >= 0.6 is 11.3 Å². The molecule has 0 spiro atoms. The van der Waals surface area contributed by atoms with Crippen molar-refractivity contribution in [2.75, 3.05) is 0 Å². The van der Waals surface area contributed by atoms with E-state index in [-0.39, 0.29) is 18.4 Å². The highest BCUT2D eigenvalue weighted by atomic mass is 32.1. The Labute approximate surface area is 214 Å². The summed E-state index contributed by atoms with van der Waals surface area (Å²) in [4.78, 5) is 19.8. The van der Waals surface area contributed by atoms with Crippen LogP contribution in [0.1, 0.15) is 72.5 Å². The van der Waals surface area contributed by atoms with E-state index in [1.807, 2.05) is 23.6 Å². The van der Waals surface area contributed by atoms with E-state index in [4.69, 9.17) is 4.98 Å². The molecular formula is C30H30F2N2OS. The number of rotatable bonds is 7. The Morgan fingerprint density at radius 3 is 2.53 bits per heavy atom. The van der Waals surface area contributed by atoms with Gasteiger partial charge in [-0.3, -0.25) is 4.79 Å². The van der Waals surface area contributed by atoms with Crippen molar-refractivity contribution in [2.45, 2.75) is 58.4 Å². The van der Waals surface area contributed by atoms with Crippen molar-refractivity contribution < 1.29 is 13.6 Å². The molecular weight excluding hydrogens is 474 g/mol. The summed E-state index contributed by atoms with van der Waals surface area (Å²) in [6.45, 7) is 4.24. The van der Waals surface area contributed by atoms with Crippen molar-refractivity contribution in [2.24, 2.45) is 5.92 Å². The Bertz CT molecular complexity index is 1390. The van der Waals surface area contributed by atoms with Crippen molar-refractivity contribution in [1.29, 1.82) is 0 Å². The first-order valence-corrected chi connectivity index (χ1v) is 13.5. The van der Waals surface area contributed by atoms with Gasteiger partial charge in [0.15, 0.2) is 11.6 Å². The molecule has 0 unspecified atom stereocenters. The van der Waals surface area contributed by atoms with E-state index in [9.17, 15) is 13.6 Å². The molecule has 4 aromatic rings. The summed E-state index contributed by atoms with van der Waals surface area (Å²) in [5, 5.41) is 5.78. The predicted molar refractivity (Wildman–Crippen MR) is 142 cm³/mol. The van der Waals surface area contributed by atoms with Gasteiger partial charge < -0.3 is 5.32 Å². The first kappa shape index (κ1) is 24.6. The van der Waals surface area contributed by atoms with Gasteiger partial charge in [0.1, 0.15) is 0 Å². The molecule has 2 aromatic carbocycles. The zero-order valence-electron chi connectivity index (χ0n) is 20.6. The predicted octanol–water partition coefficient (Wildman–Crippen LogP) is 8.03. The van der Waals surface area contributed by atoms with Gasteiger partial charge in [-0.2, -0.15) is 0 Å². The molecule has 36 heavy (non-hydrogen) atoms. The Balaban J connectivity index is 1.58. The summed E-state index contributed by atoms with van der Waals surface area (Å²) < 4.78 is 27.1. The third-order valence-electron chi connectivity index (χ3n) is 7.08. The number of halogens is 2. The first-order valence-electron chi connectivity index (χ1n) is 12.6. The van der Waals surface area contributed by atoms with E-state index < -0.39 is 11.6 Å². The lowest BCUT2D eigenvalue weighted by atomic mass is 9.90. The highest BCUT2D eigenvalue weighted by Crippen LogP contribution is 2.38. The van der Waals surface area contributed by atoms with Gasteiger partial charge in [-0.25, -0.2) is 13.8 Å². The molecule has 5 rings (SSSR count). The summed E-state index contributed by atoms with van der Waals surface area (Å²) in [6.07, 6.45) is 6.19. The molecule has 0 aliphatic heterocycles. The number of nitrogens with zero attached hydrogens (tertiary/aromatic N) is 1. The van der Waals surface area contributed by atoms with Crippen LogP contribution in [0.15, 0.2) is 53.9 Å². The zero-order valence-corrected chi connectivity index (χ0v) is 21.4. The second-order valence-electron chi connectivity index (χ2n) is 10.0. The second-order valence-corrected chi connectivity index (χ2v) is 11.0. The number of nitrogens with one attached hydrogen (secondary N) is 1. The summed E-state index contributed by atoms with van der Waals surface area (Å²) >= 11 is 1.61. The number of hydrogen-bond acceptors (Lipinski definition) is 3. The van der Waals surface area contributed by atoms with Crippen molar-refractivity contribution >= 4 is 28.1 Å². The monoisotopic (exact) mass is 504 g/mol. The number of benzene rings is 2. The number of carbonyl (C=O) groups is 1. The van der Waals surface area contributed by atoms with Gasteiger partial charge in [-0.05, 0) is 64.6 Å². The van der Waals surface area contributed by atoms with E-state index >= 15 is 0 Å². The molecule has 1 aliphatic rings. The zero-order chi connectivity index (χ0) is 25.2. The van der Waals surface area contributed by atoms with Crippen LogP contribution in [0.25, 0.3) is 21.5 Å². The Morgan fingerprint density at radius 2 is 1.83 bits per heavy atom. The van der Waals surface area contributed by atoms with E-state index in [0.717, 1.165) is 45.6 Å². The lowest BCUT2D eigenvalue weighted by Crippen LogP contribution is -2.25. The molecule has 0 saturated heterocycles. The van der Waals surface area contributed by atoms with Gasteiger partial charge >= 0.3 is 0 Å². The SMILES string of the molecule is CC(C)c1c(-c2cccs2)nc2cc(CC3CCCC3)ccc2c1C(=O)NCc1ccc(F)c(F)c1. The largest absolute Gasteiger partial charge is 0.348 e. The number of carbonyl (C=O) groups excluding carboxylic acids is 1. The fourth-order valence-electron chi connectivity index (χ4n) is 5.33. The molecule has 0 atom stereocenters. The van der Waals surface area contributed by atoms with Crippen LogP contribution in [0.4, 0.5) is 8.78 Å². The van der Waals surface area contributed by atoms with E-state index in [1.165, 1.54) is 37.3 Å². The molecule has 1 fully saturated rings. The van der Waals surface area contributed by atoms with Crippen molar-refractivity contribution in [3.8, 4) is 10.6 Å². The fourth-order valence-corrected chi connectivity index (χ4v) is 6.06. The number of fused-ring (bicyclic) bond motifs is 1. The van der Waals surface area contributed by atoms with Gasteiger partial charge in [-0.1, -0.05) is 63.8 Å². The quantitative estimate of drug-likeness (QED) is 0.277. The second kappa shape index (κ2) is 10.5. The van der Waals surface area contributed by atoms with Crippen molar-refractivity contribution in [3.05, 3.63) is 87.8 Å². The molecule has 1 saturated carbocycles. The van der Waals surface area contributed by atoms with Crippen LogP contribution in [-0.4, -0.2) is 10.9 Å². The molecule has 2 heterocycles. The average molecular weight is 505 g/mol. The van der Waals surface area contributed by atoms with Crippen LogP contribution < -0.4 is 5.32 Å². The number of thiophene rings is 1. The third kappa shape index (κ3) is 5.05. The van der Waals surface area contributed by atoms with Crippen LogP contribution in [-0.2, 0) is 13.0 Å². The number of aromatic nitrogens is 1. The number of pyridine rings is 1. The van der Waals surface area contributed by atoms with Crippen LogP contribution in [0.5, 0.6) is 0 Å². The van der Waals surface area contributed by atoms with Gasteiger partial charge in [0.25, 0.3) is 5.91 Å². The van der Waals surface area contributed by atoms with Crippen LogP contribution in [0.2, 0.25) is 0 Å². The maximum atomic E-state index is 13.7. The van der Waals surface area contributed by atoms with Crippen molar-refractivity contribution in [3.63, 3.8) is 0 Å². The lowest BCUT2D eigenvalue weighted by molar-refractivity contribution is 0.0951. The Morgan fingerprint density at radius 1 is 1.06 bits per heavy atom. The molecule has 3 nitrogen and oxygen atoms in total. The molecule has 2 aromatic heterocycles. The van der Waals surface area contributed by atoms with Crippen molar-refractivity contribution in [1.82, 2.24) is 10.3 Å². The summed E-state index contributed by atoms with van der Waals surface area (Å²) in [7, 11) is 0. The minimum absolute atomic E-state index is 0.0566. The summed E-state index contributed by atoms with van der Waals surface area (Å²) in [6, 6.07) is 14.0. The summed E-state index contributed by atoms with van der Waals surface area (Å²) in [5.41, 5.74) is 4.91. The Kier molecular flexibility index (Phi) is 7.15. The van der Waals surface area contributed by atoms with Crippen LogP contribution in [0.3, 0.4) is 0 Å². The highest BCUT2D eigenvalue weighted by Gasteiger charge is 2.25. The topological polar surface area (TPSA) is 42.0 Å². The van der Waals surface area contributed by atoms with Gasteiger partial charge in [-0.15, -0.1) is 11.3 Å². The van der Waals surface area contributed by atoms with E-state index in [0.29, 0.717) is 17.0 Å². The first-order chi connectivity index (χ1) is 17.4. The third-order valence-corrected chi connectivity index (χ3v) is 7.96. The number of hydrogen-bond donors (Lipinski definition) is 1. The summed E-state index contributed by atoms with van der Waals surface area (Å²) in [5.74, 6) is -1.29. The molecule has 6 heteroatoms. The minimum atomic E-state index is -0.922. The molecule has 186 valence electrons. The average Bonchev–Trinajstić information content (AvgIpc) is 3.58. The smallest absolute Gasteiger partial charge is 0.252 e. The standard InChI is InChI=1S/C30H30F2N2OS/c1-18(2)27-28(30(35)33-17-21-10-12-23(31)24(32)15-21)22-11-9-20(14-19-6-3-4-7-19)16-25(22)34-29(27)26-8-5-13-36-26/h5,8-13,15-16,18-19H,3-4,6-7,14,17H2,1-2H3,(H,33,35). The molecule has 0 bridgehead atoms. The molecule has 1 N–H and O–H groups in total. The number of amides is 1. The van der Waals surface area contributed by atoms with Gasteiger partial charge in [0, 0.05) is 11.9 Å². The fraction of sp³-hybridized carbons (Fsp3) is 0.333. The van der Waals surface area contributed by atoms with Crippen LogP contribution in [0, 0.1) is 17.6 Å². The van der Waals surface area contributed by atoms with Gasteiger partial charge in [0.05, 0.1) is 21.7 Å². The highest BCUT2D eigenvalue weighted by molar-refractivity contribution is 7.13. The molecule has 1 amide bonds. The maximum Gasteiger partial charge on any atom is 0.252 e.